The molecule has 1 heterocycles. The minimum Gasteiger partial charge on any atom is -0.426 e. The van der Waals surface area contributed by atoms with Crippen LogP contribution in [0.1, 0.15) is 30.2 Å². The molecule has 0 bridgehead atoms. The molecule has 0 N–H and O–H groups in total. The van der Waals surface area contributed by atoms with Crippen molar-refractivity contribution in [3.63, 3.8) is 0 Å². The van der Waals surface area contributed by atoms with E-state index < -0.39 is 0 Å². The largest absolute Gasteiger partial charge is 0.426 e. The zero-order chi connectivity index (χ0) is 10.1. The van der Waals surface area contributed by atoms with Crippen LogP contribution in [0, 0.1) is 26.1 Å². The molecule has 0 saturated heterocycles. The molecule has 8 radical (unpaired) electrons. The van der Waals surface area contributed by atoms with E-state index in [1.165, 1.54) is 11.1 Å². The van der Waals surface area contributed by atoms with Crippen LogP contribution in [0.2, 0.25) is 0 Å². The van der Waals surface area contributed by atoms with E-state index in [1.54, 1.807) is 0 Å². The van der Waals surface area contributed by atoms with Crippen LogP contribution in [0.25, 0.3) is 5.57 Å². The van der Waals surface area contributed by atoms with E-state index in [1.807, 2.05) is 6.92 Å². The van der Waals surface area contributed by atoms with Gasteiger partial charge in [0.25, 0.3) is 0 Å². The molecule has 96 valence electrons. The average molecular weight is 895 g/mol. The normalized spacial score (nSPS) is 9.77. The second kappa shape index (κ2) is 26.5. The summed E-state index contributed by atoms with van der Waals surface area (Å²) in [7, 11) is 0. The van der Waals surface area contributed by atoms with Crippen LogP contribution in [0.15, 0.2) is 17.7 Å². The van der Waals surface area contributed by atoms with E-state index in [-0.39, 0.29) is 262 Å². The van der Waals surface area contributed by atoms with Gasteiger partial charge in [-0.3, -0.25) is 11.6 Å². The number of nitrogens with zero attached hydrogens (tertiary/aromatic N) is 1. The summed E-state index contributed by atoms with van der Waals surface area (Å²) >= 11 is 0. The first-order valence-corrected chi connectivity index (χ1v) is 4.83. The fourth-order valence-corrected chi connectivity index (χ4v) is 1.56. The summed E-state index contributed by atoms with van der Waals surface area (Å²) in [5.74, 6) is 0. The molecule has 0 aromatic carbocycles. The Labute approximate surface area is 336 Å². The van der Waals surface area contributed by atoms with Crippen LogP contribution in [-0.2, 0) is 262 Å². The van der Waals surface area contributed by atoms with Gasteiger partial charge in [-0.1, -0.05) is 25.5 Å². The Morgan fingerprint density at radius 1 is 0.818 bits per heavy atom. The molecule has 1 nitrogen and oxygen atoms in total. The predicted octanol–water partition coefficient (Wildman–Crippen LogP) is 3.01. The van der Waals surface area contributed by atoms with Crippen LogP contribution in [0.5, 0.6) is 0 Å². The number of hydrogen-bond donors (Lipinski definition) is 0. The summed E-state index contributed by atoms with van der Waals surface area (Å²) in [5.41, 5.74) is 5.76. The van der Waals surface area contributed by atoms with Crippen molar-refractivity contribution < 1.29 is 262 Å². The Balaban J connectivity index is -0.0000000562. The molecular formula is C13H13NY8-2. The molecule has 0 amide bonds. The third kappa shape index (κ3) is 16.2. The van der Waals surface area contributed by atoms with Crippen LogP contribution in [-0.4, -0.2) is 4.98 Å². The van der Waals surface area contributed by atoms with E-state index in [0.717, 1.165) is 23.2 Å². The maximum atomic E-state index is 4.29. The molecule has 0 aliphatic heterocycles. The number of hydrogen-bond acceptors (Lipinski definition) is 1. The second-order valence-corrected chi connectivity index (χ2v) is 3.72. The maximum Gasteiger partial charge on any atom is 0 e. The molecular weight excluding hydrogens is 881 g/mol. The number of allylic oxidation sites excluding steroid dienone is 4. The van der Waals surface area contributed by atoms with Crippen LogP contribution < -0.4 is 0 Å². The first-order valence-electron chi connectivity index (χ1n) is 4.83. The Morgan fingerprint density at radius 3 is 1.68 bits per heavy atom. The van der Waals surface area contributed by atoms with Crippen molar-refractivity contribution in [2.24, 2.45) is 0 Å². The van der Waals surface area contributed by atoms with Crippen molar-refractivity contribution in [1.29, 1.82) is 0 Å². The number of aromatic nitrogens is 1. The average Bonchev–Trinajstić information content (AvgIpc) is 2.57. The van der Waals surface area contributed by atoms with Gasteiger partial charge in [0, 0.05) is 262 Å². The Morgan fingerprint density at radius 2 is 1.32 bits per heavy atom. The molecule has 1 aliphatic rings. The Hall–Kier alpha value is 7.46. The fourth-order valence-electron chi connectivity index (χ4n) is 1.56. The number of pyridine rings is 1. The standard InChI is InChI=1S/C13H13N.8Y/c1-9-5-4-6-12(9)13-7-10(2)11(3)8-14-13;;;;;;;;/h4-5H,6H2,1-3H3;;;;;;;;/q-2;;;;;;;;. The maximum absolute atomic E-state index is 4.29. The molecule has 2 rings (SSSR count). The summed E-state index contributed by atoms with van der Waals surface area (Å²) in [6.45, 7) is 6.18. The van der Waals surface area contributed by atoms with Gasteiger partial charge in [0.2, 0.25) is 0 Å². The summed E-state index contributed by atoms with van der Waals surface area (Å²) in [6.07, 6.45) is 8.30. The van der Waals surface area contributed by atoms with Crippen LogP contribution in [0.3, 0.4) is 0 Å². The minimum absolute atomic E-state index is 0. The van der Waals surface area contributed by atoms with Crippen LogP contribution >= 0.6 is 0 Å². The molecule has 22 heavy (non-hydrogen) atoms. The third-order valence-electron chi connectivity index (χ3n) is 2.66. The molecule has 0 unspecified atom stereocenters. The molecule has 9 heteroatoms. The number of aryl methyl sites for hydroxylation is 2. The topological polar surface area (TPSA) is 12.9 Å². The van der Waals surface area contributed by atoms with Crippen molar-refractivity contribution in [3.05, 3.63) is 46.8 Å². The van der Waals surface area contributed by atoms with Gasteiger partial charge in [0.1, 0.15) is 0 Å². The quantitative estimate of drug-likeness (QED) is 0.396. The fraction of sp³-hybridized carbons (Fsp3) is 0.308. The summed E-state index contributed by atoms with van der Waals surface area (Å²) in [5, 5.41) is 0. The van der Waals surface area contributed by atoms with Gasteiger partial charge < -0.3 is 4.98 Å². The van der Waals surface area contributed by atoms with Crippen molar-refractivity contribution in [3.8, 4) is 0 Å². The molecule has 1 aromatic heterocycles. The summed E-state index contributed by atoms with van der Waals surface area (Å²) in [6, 6.07) is 3.31. The van der Waals surface area contributed by atoms with Crippen molar-refractivity contribution >= 4 is 5.57 Å². The first-order chi connectivity index (χ1) is 6.68. The van der Waals surface area contributed by atoms with Gasteiger partial charge >= 0.3 is 0 Å². The zero-order valence-electron chi connectivity index (χ0n) is 13.4. The van der Waals surface area contributed by atoms with Gasteiger partial charge in [-0.25, -0.2) is 5.56 Å². The van der Waals surface area contributed by atoms with Gasteiger partial charge in [-0.15, -0.1) is 25.6 Å². The molecule has 1 aromatic rings. The molecule has 0 fully saturated rings. The zero-order valence-corrected chi connectivity index (χ0v) is 36.1. The number of rotatable bonds is 1. The molecule has 0 atom stereocenters. The van der Waals surface area contributed by atoms with Crippen molar-refractivity contribution in [2.75, 3.05) is 0 Å². The third-order valence-corrected chi connectivity index (χ3v) is 2.66. The summed E-state index contributed by atoms with van der Waals surface area (Å²) < 4.78 is 0. The van der Waals surface area contributed by atoms with Crippen LogP contribution in [0.4, 0.5) is 0 Å². The second-order valence-electron chi connectivity index (χ2n) is 3.72. The molecule has 0 spiro atoms. The van der Waals surface area contributed by atoms with E-state index in [4.69, 9.17) is 0 Å². The molecule has 0 saturated carbocycles. The minimum atomic E-state index is 0. The smallest absolute Gasteiger partial charge is 0 e. The van der Waals surface area contributed by atoms with Gasteiger partial charge in [0.15, 0.2) is 0 Å². The van der Waals surface area contributed by atoms with Crippen molar-refractivity contribution in [2.45, 2.75) is 27.2 Å². The monoisotopic (exact) mass is 894 g/mol. The Kier molecular flexibility index (Phi) is 57.0. The van der Waals surface area contributed by atoms with Gasteiger partial charge in [-0.05, 0) is 0 Å². The van der Waals surface area contributed by atoms with Gasteiger partial charge in [-0.2, -0.15) is 11.3 Å². The van der Waals surface area contributed by atoms with Crippen molar-refractivity contribution in [1.82, 2.24) is 4.98 Å². The Bertz CT molecular complexity index is 446. The molecule has 1 aliphatic carbocycles. The van der Waals surface area contributed by atoms with E-state index in [0.29, 0.717) is 0 Å². The summed E-state index contributed by atoms with van der Waals surface area (Å²) in [4.78, 5) is 4.29. The van der Waals surface area contributed by atoms with E-state index >= 15 is 0 Å². The van der Waals surface area contributed by atoms with Gasteiger partial charge in [0.05, 0.1) is 0 Å². The van der Waals surface area contributed by atoms with E-state index in [2.05, 4.69) is 43.2 Å². The SMILES string of the molecule is CC1=C(c2[c-]c(C)c(C)[c-]n2)CC=C1.[Y].[Y].[Y].[Y].[Y].[Y].[Y].[Y]. The predicted molar refractivity (Wildman–Crippen MR) is 57.7 cm³/mol. The first kappa shape index (κ1) is 47.3. The van der Waals surface area contributed by atoms with E-state index in [9.17, 15) is 0 Å².